The lowest BCUT2D eigenvalue weighted by Crippen LogP contribution is -2.36. The third-order valence-electron chi connectivity index (χ3n) is 2.88. The molecule has 0 heterocycles. The molecule has 0 fully saturated rings. The number of hydrogen-bond acceptors (Lipinski definition) is 4. The lowest BCUT2D eigenvalue weighted by molar-refractivity contribution is 0.0527. The van der Waals surface area contributed by atoms with Crippen molar-refractivity contribution in [2.75, 3.05) is 11.9 Å². The molecule has 6 nitrogen and oxygen atoms in total. The van der Waals surface area contributed by atoms with E-state index in [1.807, 2.05) is 0 Å². The summed E-state index contributed by atoms with van der Waals surface area (Å²) in [6.07, 6.45) is 0. The van der Waals surface area contributed by atoms with Gasteiger partial charge in [0.25, 0.3) is 0 Å². The van der Waals surface area contributed by atoms with Gasteiger partial charge in [-0.25, -0.2) is 15.6 Å². The van der Waals surface area contributed by atoms with Gasteiger partial charge in [0.2, 0.25) is 5.96 Å². The van der Waals surface area contributed by atoms with Gasteiger partial charge in [-0.15, -0.1) is 0 Å². The summed E-state index contributed by atoms with van der Waals surface area (Å²) in [5.74, 6) is 5.34. The average molecular weight is 333 g/mol. The number of esters is 1. The monoisotopic (exact) mass is 332 g/mol. The van der Waals surface area contributed by atoms with E-state index < -0.39 is 5.97 Å². The number of nitrogens with two attached hydrogens (primary N) is 1. The molecule has 0 unspecified atom stereocenters. The maximum Gasteiger partial charge on any atom is 0.340 e. The van der Waals surface area contributed by atoms with Gasteiger partial charge in [-0.3, -0.25) is 5.43 Å². The number of hydrazine groups is 1. The summed E-state index contributed by atoms with van der Waals surface area (Å²) in [6.45, 7) is 2.04. The number of nitrogens with zero attached hydrogens (tertiary/aromatic N) is 1. The fourth-order valence-corrected chi connectivity index (χ4v) is 1.97. The molecule has 0 aliphatic rings. The van der Waals surface area contributed by atoms with Gasteiger partial charge in [0.05, 0.1) is 17.9 Å². The molecule has 0 spiro atoms. The van der Waals surface area contributed by atoms with Gasteiger partial charge >= 0.3 is 5.97 Å². The quantitative estimate of drug-likeness (QED) is 0.263. The molecule has 2 aromatic rings. The smallest absolute Gasteiger partial charge is 0.340 e. The number of guanidine groups is 1. The molecule has 0 amide bonds. The summed E-state index contributed by atoms with van der Waals surface area (Å²) >= 11 is 5.85. The summed E-state index contributed by atoms with van der Waals surface area (Å²) in [4.78, 5) is 16.3. The number of carbonyl (C=O) groups is 1. The summed E-state index contributed by atoms with van der Waals surface area (Å²) in [5.41, 5.74) is 4.02. The van der Waals surface area contributed by atoms with Gasteiger partial charge in [0.1, 0.15) is 0 Å². The van der Waals surface area contributed by atoms with Crippen LogP contribution in [-0.4, -0.2) is 18.5 Å². The number of hydrogen-bond donors (Lipinski definition) is 3. The first-order valence-corrected chi connectivity index (χ1v) is 7.36. The molecule has 0 saturated carbocycles. The molecule has 0 saturated heterocycles. The fourth-order valence-electron chi connectivity index (χ4n) is 1.84. The van der Waals surface area contributed by atoms with Crippen LogP contribution >= 0.6 is 11.6 Å². The van der Waals surface area contributed by atoms with E-state index in [0.29, 0.717) is 22.9 Å². The minimum Gasteiger partial charge on any atom is -0.462 e. The number of para-hydroxylation sites is 1. The highest BCUT2D eigenvalue weighted by Gasteiger charge is 2.12. The van der Waals surface area contributed by atoms with E-state index in [9.17, 15) is 4.79 Å². The maximum atomic E-state index is 12.0. The molecule has 0 atom stereocenters. The molecule has 4 N–H and O–H groups in total. The normalized spacial score (nSPS) is 11.0. The molecule has 0 aliphatic carbocycles. The molecular formula is C16H17ClN4O2. The van der Waals surface area contributed by atoms with Crippen molar-refractivity contribution in [1.82, 2.24) is 5.43 Å². The van der Waals surface area contributed by atoms with Crippen LogP contribution in [0.5, 0.6) is 0 Å². The van der Waals surface area contributed by atoms with E-state index >= 15 is 0 Å². The Hall–Kier alpha value is -2.57. The lowest BCUT2D eigenvalue weighted by Gasteiger charge is -2.10. The Balaban J connectivity index is 2.27. The molecule has 7 heteroatoms. The highest BCUT2D eigenvalue weighted by molar-refractivity contribution is 6.30. The number of rotatable bonds is 4. The predicted octanol–water partition coefficient (Wildman–Crippen LogP) is 3.08. The lowest BCUT2D eigenvalue weighted by atomic mass is 10.2. The number of halogens is 1. The van der Waals surface area contributed by atoms with Gasteiger partial charge in [-0.05, 0) is 43.3 Å². The zero-order valence-corrected chi connectivity index (χ0v) is 13.3. The minimum atomic E-state index is -0.435. The summed E-state index contributed by atoms with van der Waals surface area (Å²) in [6, 6.07) is 13.9. The van der Waals surface area contributed by atoms with Crippen LogP contribution in [0, 0.1) is 0 Å². The first-order chi connectivity index (χ1) is 11.1. The predicted molar refractivity (Wildman–Crippen MR) is 91.9 cm³/mol. The van der Waals surface area contributed by atoms with Crippen molar-refractivity contribution >= 4 is 34.9 Å². The van der Waals surface area contributed by atoms with Crippen molar-refractivity contribution in [2.45, 2.75) is 6.92 Å². The standard InChI is InChI=1S/C16H17ClN4O2/c1-2-23-15(22)13-5-3-4-6-14(13)20-16(21-18)19-12-9-7-11(17)8-10-12/h3-10H,2,18H2,1H3,(H2,19,20,21). The van der Waals surface area contributed by atoms with Crippen LogP contribution in [0.1, 0.15) is 17.3 Å². The molecule has 23 heavy (non-hydrogen) atoms. The van der Waals surface area contributed by atoms with E-state index in [0.717, 1.165) is 5.69 Å². The number of anilines is 1. The first-order valence-electron chi connectivity index (χ1n) is 6.98. The van der Waals surface area contributed by atoms with E-state index in [-0.39, 0.29) is 5.96 Å². The van der Waals surface area contributed by atoms with Crippen molar-refractivity contribution in [1.29, 1.82) is 0 Å². The molecule has 0 aromatic heterocycles. The van der Waals surface area contributed by atoms with Gasteiger partial charge in [0.15, 0.2) is 0 Å². The minimum absolute atomic E-state index is 0.282. The maximum absolute atomic E-state index is 12.0. The summed E-state index contributed by atoms with van der Waals surface area (Å²) in [5, 5.41) is 3.63. The average Bonchev–Trinajstić information content (AvgIpc) is 2.57. The van der Waals surface area contributed by atoms with Crippen molar-refractivity contribution < 1.29 is 9.53 Å². The third-order valence-corrected chi connectivity index (χ3v) is 3.13. The Morgan fingerprint density at radius 2 is 1.91 bits per heavy atom. The third kappa shape index (κ3) is 4.70. The Kier molecular flexibility index (Phi) is 5.96. The molecule has 0 radical (unpaired) electrons. The second kappa shape index (κ2) is 8.17. The molecule has 2 rings (SSSR count). The topological polar surface area (TPSA) is 88.7 Å². The highest BCUT2D eigenvalue weighted by Crippen LogP contribution is 2.20. The van der Waals surface area contributed by atoms with E-state index in [2.05, 4.69) is 15.7 Å². The molecule has 2 aromatic carbocycles. The number of aliphatic imine (C=N–C) groups is 1. The largest absolute Gasteiger partial charge is 0.462 e. The van der Waals surface area contributed by atoms with Crippen LogP contribution in [0.4, 0.5) is 11.4 Å². The van der Waals surface area contributed by atoms with Crippen LogP contribution in [0.15, 0.2) is 53.5 Å². The zero-order chi connectivity index (χ0) is 16.7. The Morgan fingerprint density at radius 1 is 1.22 bits per heavy atom. The van der Waals surface area contributed by atoms with E-state index in [4.69, 9.17) is 22.2 Å². The van der Waals surface area contributed by atoms with E-state index in [1.165, 1.54) is 0 Å². The first kappa shape index (κ1) is 16.8. The van der Waals surface area contributed by atoms with E-state index in [1.54, 1.807) is 55.5 Å². The van der Waals surface area contributed by atoms with Crippen molar-refractivity contribution in [3.63, 3.8) is 0 Å². The van der Waals surface area contributed by atoms with Gasteiger partial charge in [-0.1, -0.05) is 23.7 Å². The molecular weight excluding hydrogens is 316 g/mol. The number of benzene rings is 2. The van der Waals surface area contributed by atoms with Crippen LogP contribution < -0.4 is 16.6 Å². The molecule has 120 valence electrons. The fraction of sp³-hybridized carbons (Fsp3) is 0.125. The highest BCUT2D eigenvalue weighted by atomic mass is 35.5. The SMILES string of the molecule is CCOC(=O)c1ccccc1N=C(NN)Nc1ccc(Cl)cc1. The Morgan fingerprint density at radius 3 is 2.57 bits per heavy atom. The molecule has 0 aliphatic heterocycles. The second-order valence-electron chi connectivity index (χ2n) is 4.47. The van der Waals surface area contributed by atoms with Crippen LogP contribution in [0.3, 0.4) is 0 Å². The van der Waals surface area contributed by atoms with Crippen molar-refractivity contribution in [2.24, 2.45) is 10.8 Å². The van der Waals surface area contributed by atoms with Crippen molar-refractivity contribution in [3.8, 4) is 0 Å². The number of nitrogens with one attached hydrogen (secondary N) is 2. The van der Waals surface area contributed by atoms with Gasteiger partial charge in [-0.2, -0.15) is 0 Å². The zero-order valence-electron chi connectivity index (χ0n) is 12.5. The second-order valence-corrected chi connectivity index (χ2v) is 4.91. The number of carbonyl (C=O) groups excluding carboxylic acids is 1. The van der Waals surface area contributed by atoms with Crippen LogP contribution in [0.2, 0.25) is 5.02 Å². The van der Waals surface area contributed by atoms with Crippen LogP contribution in [0.25, 0.3) is 0 Å². The van der Waals surface area contributed by atoms with Gasteiger partial charge in [0, 0.05) is 10.7 Å². The summed E-state index contributed by atoms with van der Waals surface area (Å²) < 4.78 is 5.02. The van der Waals surface area contributed by atoms with Gasteiger partial charge < -0.3 is 10.1 Å². The Labute approximate surface area is 139 Å². The molecule has 0 bridgehead atoms. The number of ether oxygens (including phenoxy) is 1. The van der Waals surface area contributed by atoms with Crippen molar-refractivity contribution in [3.05, 3.63) is 59.1 Å². The van der Waals surface area contributed by atoms with Crippen LogP contribution in [-0.2, 0) is 4.74 Å². The summed E-state index contributed by atoms with van der Waals surface area (Å²) in [7, 11) is 0. The Bertz CT molecular complexity index is 701.